The Bertz CT molecular complexity index is 1280. The third-order valence-electron chi connectivity index (χ3n) is 16.7. The summed E-state index contributed by atoms with van der Waals surface area (Å²) < 4.78 is 5.49. The highest BCUT2D eigenvalue weighted by Crippen LogP contribution is 2.18. The van der Waals surface area contributed by atoms with Crippen LogP contribution in [0.1, 0.15) is 393 Å². The Hall–Kier alpha value is -1.92. The SMILES string of the molecule is CCCCCCCCC/C=C\CCCCCCCC(=O)OCCCCCCCCCCC/C=C\C/C=C\CCCCCCCCCCCCCCCCCC(=O)NC(CO)C(O)CCCCCCCCCCCCCCCCC. The number of ether oxygens (including phenoxy) is 1. The lowest BCUT2D eigenvalue weighted by Gasteiger charge is -2.22. The largest absolute Gasteiger partial charge is 0.466 e. The molecule has 2 unspecified atom stereocenters. The summed E-state index contributed by atoms with van der Waals surface area (Å²) >= 11 is 0. The van der Waals surface area contributed by atoms with Gasteiger partial charge in [0.15, 0.2) is 0 Å². The number of esters is 1. The van der Waals surface area contributed by atoms with Crippen molar-refractivity contribution in [2.24, 2.45) is 0 Å². The number of amides is 1. The van der Waals surface area contributed by atoms with Gasteiger partial charge in [0, 0.05) is 12.8 Å². The quantitative estimate of drug-likeness (QED) is 0.0320. The number of carbonyl (C=O) groups excluding carboxylic acids is 2. The number of rotatable bonds is 67. The van der Waals surface area contributed by atoms with Gasteiger partial charge in [-0.15, -0.1) is 0 Å². The Kier molecular flexibility index (Phi) is 66.9. The van der Waals surface area contributed by atoms with Crippen LogP contribution in [0.15, 0.2) is 36.5 Å². The Morgan fingerprint density at radius 1 is 0.354 bits per heavy atom. The minimum atomic E-state index is -0.664. The first-order valence-corrected chi connectivity index (χ1v) is 35.7. The van der Waals surface area contributed by atoms with Crippen molar-refractivity contribution in [3.8, 4) is 0 Å². The summed E-state index contributed by atoms with van der Waals surface area (Å²) in [5, 5.41) is 23.3. The molecule has 466 valence electrons. The molecule has 6 heteroatoms. The number of carbonyl (C=O) groups is 2. The Balaban J connectivity index is 3.38. The molecule has 3 N–H and O–H groups in total. The number of allylic oxidation sites excluding steroid dienone is 6. The molecule has 0 bridgehead atoms. The molecule has 0 saturated heterocycles. The lowest BCUT2D eigenvalue weighted by molar-refractivity contribution is -0.143. The molecule has 1 amide bonds. The number of unbranched alkanes of at least 4 members (excludes halogenated alkanes) is 50. The number of hydrogen-bond acceptors (Lipinski definition) is 5. The maximum Gasteiger partial charge on any atom is 0.305 e. The second-order valence-corrected chi connectivity index (χ2v) is 24.6. The summed E-state index contributed by atoms with van der Waals surface area (Å²) in [6.45, 7) is 4.97. The molecule has 0 aliphatic carbocycles. The molecule has 0 radical (unpaired) electrons. The zero-order valence-corrected chi connectivity index (χ0v) is 53.4. The van der Waals surface area contributed by atoms with E-state index in [9.17, 15) is 19.8 Å². The summed E-state index contributed by atoms with van der Waals surface area (Å²) in [5.41, 5.74) is 0. The maximum absolute atomic E-state index is 12.5. The van der Waals surface area contributed by atoms with Crippen LogP contribution < -0.4 is 5.32 Å². The van der Waals surface area contributed by atoms with Gasteiger partial charge < -0.3 is 20.3 Å². The van der Waals surface area contributed by atoms with Crippen LogP contribution in [0.25, 0.3) is 0 Å². The van der Waals surface area contributed by atoms with E-state index in [0.717, 1.165) is 51.4 Å². The molecular weight excluding hydrogens is 971 g/mol. The van der Waals surface area contributed by atoms with Crippen LogP contribution >= 0.6 is 0 Å². The van der Waals surface area contributed by atoms with E-state index in [-0.39, 0.29) is 18.5 Å². The van der Waals surface area contributed by atoms with Crippen molar-refractivity contribution < 1.29 is 24.5 Å². The third kappa shape index (κ3) is 65.1. The Labute approximate surface area is 494 Å². The highest BCUT2D eigenvalue weighted by Gasteiger charge is 2.20. The fourth-order valence-corrected chi connectivity index (χ4v) is 11.2. The second kappa shape index (κ2) is 68.6. The van der Waals surface area contributed by atoms with Gasteiger partial charge in [0.05, 0.1) is 25.4 Å². The highest BCUT2D eigenvalue weighted by molar-refractivity contribution is 5.76. The number of nitrogens with one attached hydrogen (secondary N) is 1. The van der Waals surface area contributed by atoms with Crippen LogP contribution in [0, 0.1) is 0 Å². The van der Waals surface area contributed by atoms with Gasteiger partial charge in [-0.2, -0.15) is 0 Å². The molecule has 0 heterocycles. The summed E-state index contributed by atoms with van der Waals surface area (Å²) in [4.78, 5) is 24.6. The van der Waals surface area contributed by atoms with Gasteiger partial charge in [0.1, 0.15) is 0 Å². The summed E-state index contributed by atoms with van der Waals surface area (Å²) in [7, 11) is 0. The average molecular weight is 1110 g/mol. The average Bonchev–Trinajstić information content (AvgIpc) is 3.45. The number of hydrogen-bond donors (Lipinski definition) is 3. The molecule has 0 fully saturated rings. The molecule has 0 aliphatic heterocycles. The molecule has 6 nitrogen and oxygen atoms in total. The number of aliphatic hydroxyl groups excluding tert-OH is 2. The predicted molar refractivity (Wildman–Crippen MR) is 347 cm³/mol. The monoisotopic (exact) mass is 1110 g/mol. The zero-order valence-electron chi connectivity index (χ0n) is 53.4. The summed E-state index contributed by atoms with van der Waals surface area (Å²) in [6, 6.07) is -0.541. The molecule has 0 saturated carbocycles. The fraction of sp³-hybridized carbons (Fsp3) is 0.890. The van der Waals surface area contributed by atoms with E-state index >= 15 is 0 Å². The first-order chi connectivity index (χ1) is 39.0. The summed E-state index contributed by atoms with van der Waals surface area (Å²) in [5.74, 6) is -0.0257. The van der Waals surface area contributed by atoms with E-state index in [4.69, 9.17) is 4.74 Å². The second-order valence-electron chi connectivity index (χ2n) is 24.6. The topological polar surface area (TPSA) is 95.9 Å². The van der Waals surface area contributed by atoms with Crippen LogP contribution in [-0.4, -0.2) is 47.4 Å². The first-order valence-electron chi connectivity index (χ1n) is 35.7. The van der Waals surface area contributed by atoms with Gasteiger partial charge in [-0.3, -0.25) is 9.59 Å². The van der Waals surface area contributed by atoms with Crippen molar-refractivity contribution >= 4 is 11.9 Å². The molecule has 79 heavy (non-hydrogen) atoms. The van der Waals surface area contributed by atoms with Crippen LogP contribution in [-0.2, 0) is 14.3 Å². The van der Waals surface area contributed by atoms with Crippen molar-refractivity contribution in [1.29, 1.82) is 0 Å². The molecule has 0 spiro atoms. The molecular formula is C73H139NO5. The normalized spacial score (nSPS) is 12.7. The van der Waals surface area contributed by atoms with Gasteiger partial charge >= 0.3 is 5.97 Å². The predicted octanol–water partition coefficient (Wildman–Crippen LogP) is 23.1. The van der Waals surface area contributed by atoms with E-state index in [0.29, 0.717) is 25.9 Å². The third-order valence-corrected chi connectivity index (χ3v) is 16.7. The molecule has 2 atom stereocenters. The van der Waals surface area contributed by atoms with E-state index in [1.807, 2.05) is 0 Å². The van der Waals surface area contributed by atoms with E-state index in [1.165, 1.54) is 308 Å². The van der Waals surface area contributed by atoms with Gasteiger partial charge in [-0.05, 0) is 83.5 Å². The molecule has 0 aromatic heterocycles. The van der Waals surface area contributed by atoms with Crippen molar-refractivity contribution in [2.75, 3.05) is 13.2 Å². The summed E-state index contributed by atoms with van der Waals surface area (Å²) in [6.07, 6.45) is 87.7. The Morgan fingerprint density at radius 2 is 0.633 bits per heavy atom. The van der Waals surface area contributed by atoms with Gasteiger partial charge in [-0.25, -0.2) is 0 Å². The number of aliphatic hydroxyl groups is 2. The maximum atomic E-state index is 12.5. The van der Waals surface area contributed by atoms with Crippen LogP contribution in [0.4, 0.5) is 0 Å². The first kappa shape index (κ1) is 77.1. The van der Waals surface area contributed by atoms with Crippen LogP contribution in [0.5, 0.6) is 0 Å². The standard InChI is InChI=1S/C73H139NO5/c1-3-5-7-9-11-13-15-17-19-39-43-47-51-55-59-63-67-73(78)79-68-64-60-56-52-48-44-40-36-34-32-30-28-26-24-22-20-21-23-25-27-29-31-33-35-38-42-46-50-54-58-62-66-72(77)74-70(69-75)71(76)65-61-57-53-49-45-41-37-18-16-14-12-10-8-6-4-2/h19,22,24,28,30,39,70-71,75-76H,3-18,20-21,23,25-27,29,31-38,40-69H2,1-2H3,(H,74,77)/b24-22-,30-28-,39-19-. The van der Waals surface area contributed by atoms with Crippen molar-refractivity contribution in [2.45, 2.75) is 405 Å². The van der Waals surface area contributed by atoms with E-state index in [2.05, 4.69) is 55.6 Å². The minimum Gasteiger partial charge on any atom is -0.466 e. The van der Waals surface area contributed by atoms with Crippen LogP contribution in [0.3, 0.4) is 0 Å². The van der Waals surface area contributed by atoms with Gasteiger partial charge in [-0.1, -0.05) is 333 Å². The molecule has 0 rings (SSSR count). The lowest BCUT2D eigenvalue weighted by atomic mass is 10.0. The lowest BCUT2D eigenvalue weighted by Crippen LogP contribution is -2.45. The van der Waals surface area contributed by atoms with E-state index < -0.39 is 12.1 Å². The van der Waals surface area contributed by atoms with Crippen molar-refractivity contribution in [3.63, 3.8) is 0 Å². The molecule has 0 aliphatic rings. The Morgan fingerprint density at radius 3 is 0.975 bits per heavy atom. The van der Waals surface area contributed by atoms with Gasteiger partial charge in [0.25, 0.3) is 0 Å². The molecule has 0 aromatic carbocycles. The minimum absolute atomic E-state index is 0.00622. The van der Waals surface area contributed by atoms with Crippen molar-refractivity contribution in [3.05, 3.63) is 36.5 Å². The highest BCUT2D eigenvalue weighted by atomic mass is 16.5. The van der Waals surface area contributed by atoms with E-state index in [1.54, 1.807) is 0 Å². The fourth-order valence-electron chi connectivity index (χ4n) is 11.2. The molecule has 0 aromatic rings. The van der Waals surface area contributed by atoms with Crippen molar-refractivity contribution in [1.82, 2.24) is 5.32 Å². The van der Waals surface area contributed by atoms with Gasteiger partial charge in [0.2, 0.25) is 5.91 Å². The smallest absolute Gasteiger partial charge is 0.305 e. The van der Waals surface area contributed by atoms with Crippen LogP contribution in [0.2, 0.25) is 0 Å². The zero-order chi connectivity index (χ0) is 57.1.